The Morgan fingerprint density at radius 3 is 2.80 bits per heavy atom. The van der Waals surface area contributed by atoms with E-state index in [1.54, 1.807) is 6.26 Å². The van der Waals surface area contributed by atoms with Gasteiger partial charge in [0.15, 0.2) is 5.82 Å². The zero-order chi connectivity index (χ0) is 16.5. The smallest absolute Gasteiger partial charge is 0.264 e. The largest absolute Gasteiger partial charge is 0.463 e. The van der Waals surface area contributed by atoms with Crippen LogP contribution >= 0.6 is 23.7 Å². The van der Waals surface area contributed by atoms with E-state index in [2.05, 4.69) is 15.0 Å². The molecule has 1 saturated heterocycles. The number of furan rings is 1. The average Bonchev–Trinajstić information content (AvgIpc) is 3.30. The molecule has 0 radical (unpaired) electrons. The predicted molar refractivity (Wildman–Crippen MR) is 94.7 cm³/mol. The van der Waals surface area contributed by atoms with Crippen molar-refractivity contribution in [3.05, 3.63) is 35.0 Å². The van der Waals surface area contributed by atoms with Gasteiger partial charge in [-0.2, -0.15) is 4.98 Å². The Kier molecular flexibility index (Phi) is 5.38. The summed E-state index contributed by atoms with van der Waals surface area (Å²) < 4.78 is 11.3. The van der Waals surface area contributed by atoms with Crippen LogP contribution < -0.4 is 5.73 Å². The minimum atomic E-state index is 0. The SMILES string of the molecule is Cl.NCc1nc(CN2CCN(C(=O)c3cc4occc4s3)CC2)no1. The van der Waals surface area contributed by atoms with Gasteiger partial charge in [-0.25, -0.2) is 0 Å². The predicted octanol–water partition coefficient (Wildman–Crippen LogP) is 1.72. The summed E-state index contributed by atoms with van der Waals surface area (Å²) in [6.07, 6.45) is 1.64. The molecule has 1 aliphatic heterocycles. The van der Waals surface area contributed by atoms with Crippen LogP contribution in [0.25, 0.3) is 10.3 Å². The molecule has 3 aromatic heterocycles. The molecule has 10 heteroatoms. The van der Waals surface area contributed by atoms with Crippen LogP contribution in [0.1, 0.15) is 21.4 Å². The third-order valence-corrected chi connectivity index (χ3v) is 5.13. The van der Waals surface area contributed by atoms with E-state index in [0.29, 0.717) is 31.3 Å². The van der Waals surface area contributed by atoms with E-state index >= 15 is 0 Å². The number of fused-ring (bicyclic) bond motifs is 1. The third-order valence-electron chi connectivity index (χ3n) is 4.06. The number of nitrogens with two attached hydrogens (primary N) is 1. The molecular weight excluding hydrogens is 366 g/mol. The highest BCUT2D eigenvalue weighted by Crippen LogP contribution is 2.27. The molecule has 0 aliphatic carbocycles. The number of aromatic nitrogens is 2. The molecule has 1 fully saturated rings. The van der Waals surface area contributed by atoms with Gasteiger partial charge in [0.05, 0.1) is 28.9 Å². The van der Waals surface area contributed by atoms with Gasteiger partial charge in [-0.1, -0.05) is 5.16 Å². The Labute approximate surface area is 154 Å². The molecule has 0 spiro atoms. The Bertz CT molecular complexity index is 824. The lowest BCUT2D eigenvalue weighted by atomic mass is 10.3. The van der Waals surface area contributed by atoms with Gasteiger partial charge in [0.1, 0.15) is 5.58 Å². The summed E-state index contributed by atoms with van der Waals surface area (Å²) in [6.45, 7) is 3.77. The number of hydrogen-bond acceptors (Lipinski definition) is 8. The first kappa shape index (κ1) is 17.9. The maximum Gasteiger partial charge on any atom is 0.264 e. The van der Waals surface area contributed by atoms with Crippen LogP contribution in [-0.4, -0.2) is 52.0 Å². The number of rotatable bonds is 4. The summed E-state index contributed by atoms with van der Waals surface area (Å²) in [4.78, 5) is 21.6. The molecule has 25 heavy (non-hydrogen) atoms. The van der Waals surface area contributed by atoms with Gasteiger partial charge >= 0.3 is 0 Å². The molecule has 4 heterocycles. The maximum atomic E-state index is 12.6. The Balaban J connectivity index is 0.00000182. The second kappa shape index (κ2) is 7.52. The van der Waals surface area contributed by atoms with Crippen LogP contribution in [0.15, 0.2) is 27.3 Å². The van der Waals surface area contributed by atoms with Crippen molar-refractivity contribution in [2.75, 3.05) is 26.2 Å². The lowest BCUT2D eigenvalue weighted by Crippen LogP contribution is -2.48. The van der Waals surface area contributed by atoms with Crippen molar-refractivity contribution in [2.24, 2.45) is 5.73 Å². The van der Waals surface area contributed by atoms with Crippen LogP contribution in [0.4, 0.5) is 0 Å². The Morgan fingerprint density at radius 1 is 1.32 bits per heavy atom. The van der Waals surface area contributed by atoms with E-state index in [1.165, 1.54) is 11.3 Å². The minimum Gasteiger partial charge on any atom is -0.463 e. The van der Waals surface area contributed by atoms with E-state index < -0.39 is 0 Å². The van der Waals surface area contributed by atoms with E-state index in [-0.39, 0.29) is 24.9 Å². The lowest BCUT2D eigenvalue weighted by Gasteiger charge is -2.33. The summed E-state index contributed by atoms with van der Waals surface area (Å²) in [6, 6.07) is 3.71. The molecule has 1 amide bonds. The zero-order valence-corrected chi connectivity index (χ0v) is 15.0. The first-order chi connectivity index (χ1) is 11.7. The van der Waals surface area contributed by atoms with E-state index in [9.17, 15) is 4.79 Å². The highest BCUT2D eigenvalue weighted by molar-refractivity contribution is 7.20. The minimum absolute atomic E-state index is 0. The maximum absolute atomic E-state index is 12.6. The van der Waals surface area contributed by atoms with Gasteiger partial charge in [0.25, 0.3) is 5.91 Å². The van der Waals surface area contributed by atoms with Crippen LogP contribution in [0.5, 0.6) is 0 Å². The molecule has 0 saturated carbocycles. The molecule has 0 aromatic carbocycles. The van der Waals surface area contributed by atoms with Gasteiger partial charge in [-0.3, -0.25) is 9.69 Å². The number of halogens is 1. The number of carbonyl (C=O) groups excluding carboxylic acids is 1. The van der Waals surface area contributed by atoms with Crippen LogP contribution in [0, 0.1) is 0 Å². The number of amides is 1. The topological polar surface area (TPSA) is 102 Å². The number of nitrogens with zero attached hydrogens (tertiary/aromatic N) is 4. The molecular formula is C15H18ClN5O3S. The molecule has 134 valence electrons. The van der Waals surface area contributed by atoms with Gasteiger partial charge in [-0.15, -0.1) is 23.7 Å². The van der Waals surface area contributed by atoms with Gasteiger partial charge in [0, 0.05) is 32.2 Å². The fourth-order valence-electron chi connectivity index (χ4n) is 2.77. The summed E-state index contributed by atoms with van der Waals surface area (Å²) >= 11 is 1.47. The third kappa shape index (κ3) is 3.69. The molecule has 0 unspecified atom stereocenters. The Morgan fingerprint density at radius 2 is 2.12 bits per heavy atom. The first-order valence-corrected chi connectivity index (χ1v) is 8.55. The van der Waals surface area contributed by atoms with Crippen LogP contribution in [-0.2, 0) is 13.1 Å². The molecule has 1 aliphatic rings. The van der Waals surface area contributed by atoms with E-state index in [4.69, 9.17) is 14.7 Å². The van der Waals surface area contributed by atoms with Crippen molar-refractivity contribution in [1.82, 2.24) is 19.9 Å². The summed E-state index contributed by atoms with van der Waals surface area (Å²) in [5.41, 5.74) is 6.24. The number of thiophene rings is 1. The summed E-state index contributed by atoms with van der Waals surface area (Å²) in [5, 5.41) is 3.90. The van der Waals surface area contributed by atoms with Crippen molar-refractivity contribution in [1.29, 1.82) is 0 Å². The number of hydrogen-bond donors (Lipinski definition) is 1. The molecule has 4 rings (SSSR count). The molecule has 3 aromatic rings. The second-order valence-electron chi connectivity index (χ2n) is 5.64. The van der Waals surface area contributed by atoms with E-state index in [0.717, 1.165) is 28.2 Å². The average molecular weight is 384 g/mol. The first-order valence-electron chi connectivity index (χ1n) is 7.73. The van der Waals surface area contributed by atoms with Gasteiger partial charge < -0.3 is 19.6 Å². The molecule has 0 atom stereocenters. The van der Waals surface area contributed by atoms with Gasteiger partial charge in [-0.05, 0) is 6.07 Å². The number of piperazine rings is 1. The van der Waals surface area contributed by atoms with Crippen LogP contribution in [0.2, 0.25) is 0 Å². The van der Waals surface area contributed by atoms with Gasteiger partial charge in [0.2, 0.25) is 5.89 Å². The number of carbonyl (C=O) groups is 1. The fourth-order valence-corrected chi connectivity index (χ4v) is 3.72. The molecule has 8 nitrogen and oxygen atoms in total. The lowest BCUT2D eigenvalue weighted by molar-refractivity contribution is 0.0629. The monoisotopic (exact) mass is 383 g/mol. The molecule has 0 bridgehead atoms. The van der Waals surface area contributed by atoms with Crippen molar-refractivity contribution in [2.45, 2.75) is 13.1 Å². The van der Waals surface area contributed by atoms with E-state index in [1.807, 2.05) is 17.0 Å². The zero-order valence-electron chi connectivity index (χ0n) is 13.4. The second-order valence-corrected chi connectivity index (χ2v) is 6.72. The molecule has 2 N–H and O–H groups in total. The normalized spacial score (nSPS) is 15.5. The quantitative estimate of drug-likeness (QED) is 0.731. The highest BCUT2D eigenvalue weighted by Gasteiger charge is 2.24. The highest BCUT2D eigenvalue weighted by atomic mass is 35.5. The van der Waals surface area contributed by atoms with Crippen molar-refractivity contribution >= 4 is 39.9 Å². The fraction of sp³-hybridized carbons (Fsp3) is 0.400. The summed E-state index contributed by atoms with van der Waals surface area (Å²) in [5.74, 6) is 1.14. The van der Waals surface area contributed by atoms with Crippen LogP contribution in [0.3, 0.4) is 0 Å². The van der Waals surface area contributed by atoms with Crippen molar-refractivity contribution < 1.29 is 13.7 Å². The van der Waals surface area contributed by atoms with Crippen molar-refractivity contribution in [3.63, 3.8) is 0 Å². The van der Waals surface area contributed by atoms with Crippen molar-refractivity contribution in [3.8, 4) is 0 Å². The Hall–Kier alpha value is -1.94. The summed E-state index contributed by atoms with van der Waals surface area (Å²) in [7, 11) is 0. The standard InChI is InChI=1S/C15H17N5O3S.ClH/c16-8-14-17-13(18-23-14)9-19-2-4-20(5-3-19)15(21)12-7-10-11(24-12)1-6-22-10;/h1,6-7H,2-5,8-9,16H2;1H.